The lowest BCUT2D eigenvalue weighted by atomic mass is 10.1. The minimum absolute atomic E-state index is 0.0200. The lowest BCUT2D eigenvalue weighted by Gasteiger charge is -2.07. The molecule has 0 spiro atoms. The molecule has 1 N–H and O–H groups in total. The summed E-state index contributed by atoms with van der Waals surface area (Å²) in [5, 5.41) is 3.14. The largest absolute Gasteiger partial charge is 0.465 e. The van der Waals surface area contributed by atoms with Gasteiger partial charge >= 0.3 is 5.97 Å². The van der Waals surface area contributed by atoms with Crippen molar-refractivity contribution in [2.75, 3.05) is 19.7 Å². The summed E-state index contributed by atoms with van der Waals surface area (Å²) >= 11 is 0. The third-order valence-electron chi connectivity index (χ3n) is 2.14. The average molecular weight is 171 g/mol. The van der Waals surface area contributed by atoms with Crippen LogP contribution in [0.2, 0.25) is 0 Å². The van der Waals surface area contributed by atoms with E-state index in [0.717, 1.165) is 32.4 Å². The Kier molecular flexibility index (Phi) is 4.08. The Bertz CT molecular complexity index is 141. The van der Waals surface area contributed by atoms with E-state index in [-0.39, 0.29) is 11.9 Å². The normalized spacial score (nSPS) is 22.6. The summed E-state index contributed by atoms with van der Waals surface area (Å²) < 4.78 is 5.09. The highest BCUT2D eigenvalue weighted by Crippen LogP contribution is 2.09. The van der Waals surface area contributed by atoms with E-state index in [0.29, 0.717) is 6.61 Å². The van der Waals surface area contributed by atoms with Crippen LogP contribution in [-0.4, -0.2) is 25.7 Å². The first-order chi connectivity index (χ1) is 5.84. The Hall–Kier alpha value is -0.570. The van der Waals surface area contributed by atoms with Gasteiger partial charge in [-0.15, -0.1) is 0 Å². The van der Waals surface area contributed by atoms with Gasteiger partial charge in [-0.05, 0) is 19.4 Å². The van der Waals surface area contributed by atoms with Crippen LogP contribution in [0.4, 0.5) is 0 Å². The molecule has 1 atom stereocenters. The Morgan fingerprint density at radius 3 is 3.08 bits per heavy atom. The van der Waals surface area contributed by atoms with Gasteiger partial charge in [-0.25, -0.2) is 0 Å². The smallest absolute Gasteiger partial charge is 0.310 e. The average Bonchev–Trinajstić information content (AvgIpc) is 2.56. The lowest BCUT2D eigenvalue weighted by molar-refractivity contribution is -0.147. The third kappa shape index (κ3) is 2.81. The Labute approximate surface area is 73.5 Å². The predicted octanol–water partition coefficient (Wildman–Crippen LogP) is 0.939. The Morgan fingerprint density at radius 2 is 2.50 bits per heavy atom. The molecule has 0 radical (unpaired) electrons. The number of nitrogens with one attached hydrogen (secondary N) is 1. The van der Waals surface area contributed by atoms with Crippen molar-refractivity contribution < 1.29 is 9.53 Å². The summed E-state index contributed by atoms with van der Waals surface area (Å²) in [6.07, 6.45) is 2.99. The highest BCUT2D eigenvalue weighted by atomic mass is 16.5. The van der Waals surface area contributed by atoms with E-state index >= 15 is 0 Å². The third-order valence-corrected chi connectivity index (χ3v) is 2.14. The van der Waals surface area contributed by atoms with Crippen LogP contribution in [0.15, 0.2) is 0 Å². The SMILES string of the molecule is CCCCOC(=O)C1CCNC1. The van der Waals surface area contributed by atoms with E-state index in [1.54, 1.807) is 0 Å². The van der Waals surface area contributed by atoms with Gasteiger partial charge in [0.15, 0.2) is 0 Å². The van der Waals surface area contributed by atoms with Crippen molar-refractivity contribution in [3.63, 3.8) is 0 Å². The van der Waals surface area contributed by atoms with Crippen molar-refractivity contribution in [1.29, 1.82) is 0 Å². The highest BCUT2D eigenvalue weighted by molar-refractivity contribution is 5.73. The molecule has 12 heavy (non-hydrogen) atoms. The van der Waals surface area contributed by atoms with Gasteiger partial charge in [0.1, 0.15) is 0 Å². The summed E-state index contributed by atoms with van der Waals surface area (Å²) in [5.41, 5.74) is 0. The first-order valence-electron chi connectivity index (χ1n) is 4.72. The Balaban J connectivity index is 2.10. The van der Waals surface area contributed by atoms with Gasteiger partial charge in [0.2, 0.25) is 0 Å². The van der Waals surface area contributed by atoms with E-state index in [1.807, 2.05) is 0 Å². The molecule has 0 amide bonds. The number of esters is 1. The van der Waals surface area contributed by atoms with Crippen LogP contribution in [0.1, 0.15) is 26.2 Å². The number of rotatable bonds is 4. The molecule has 0 aromatic rings. The standard InChI is InChI=1S/C9H17NO2/c1-2-3-6-12-9(11)8-4-5-10-7-8/h8,10H,2-7H2,1H3. The summed E-state index contributed by atoms with van der Waals surface area (Å²) in [6.45, 7) is 4.43. The number of ether oxygens (including phenoxy) is 1. The molecule has 0 saturated carbocycles. The maximum Gasteiger partial charge on any atom is 0.310 e. The van der Waals surface area contributed by atoms with E-state index < -0.39 is 0 Å². The number of unbranched alkanes of at least 4 members (excludes halogenated alkanes) is 1. The molecule has 0 aromatic carbocycles. The monoisotopic (exact) mass is 171 g/mol. The summed E-state index contributed by atoms with van der Waals surface area (Å²) in [6, 6.07) is 0. The highest BCUT2D eigenvalue weighted by Gasteiger charge is 2.23. The van der Waals surface area contributed by atoms with Gasteiger partial charge < -0.3 is 10.1 Å². The minimum Gasteiger partial charge on any atom is -0.465 e. The van der Waals surface area contributed by atoms with E-state index in [9.17, 15) is 4.79 Å². The second kappa shape index (κ2) is 5.14. The maximum absolute atomic E-state index is 11.3. The molecule has 3 heteroatoms. The van der Waals surface area contributed by atoms with Crippen molar-refractivity contribution in [3.8, 4) is 0 Å². The first kappa shape index (κ1) is 9.52. The zero-order chi connectivity index (χ0) is 8.81. The van der Waals surface area contributed by atoms with Gasteiger partial charge in [0.05, 0.1) is 12.5 Å². The van der Waals surface area contributed by atoms with Crippen molar-refractivity contribution in [2.45, 2.75) is 26.2 Å². The van der Waals surface area contributed by atoms with Crippen LogP contribution < -0.4 is 5.32 Å². The molecular weight excluding hydrogens is 154 g/mol. The van der Waals surface area contributed by atoms with E-state index in [2.05, 4.69) is 12.2 Å². The van der Waals surface area contributed by atoms with Gasteiger partial charge in [-0.3, -0.25) is 4.79 Å². The fourth-order valence-electron chi connectivity index (χ4n) is 1.29. The van der Waals surface area contributed by atoms with Gasteiger partial charge in [-0.2, -0.15) is 0 Å². The quantitative estimate of drug-likeness (QED) is 0.505. The summed E-state index contributed by atoms with van der Waals surface area (Å²) in [7, 11) is 0. The summed E-state index contributed by atoms with van der Waals surface area (Å²) in [5.74, 6) is 0.0929. The number of carbonyl (C=O) groups is 1. The van der Waals surface area contributed by atoms with Gasteiger partial charge in [-0.1, -0.05) is 13.3 Å². The van der Waals surface area contributed by atoms with E-state index in [1.165, 1.54) is 0 Å². The number of hydrogen-bond acceptors (Lipinski definition) is 3. The molecule has 0 bridgehead atoms. The van der Waals surface area contributed by atoms with Crippen LogP contribution in [-0.2, 0) is 9.53 Å². The van der Waals surface area contributed by atoms with Crippen molar-refractivity contribution in [2.24, 2.45) is 5.92 Å². The summed E-state index contributed by atoms with van der Waals surface area (Å²) in [4.78, 5) is 11.3. The predicted molar refractivity (Wildman–Crippen MR) is 46.8 cm³/mol. The van der Waals surface area contributed by atoms with Crippen molar-refractivity contribution in [1.82, 2.24) is 5.32 Å². The molecule has 1 aliphatic rings. The molecule has 1 aliphatic heterocycles. The maximum atomic E-state index is 11.3. The number of hydrogen-bond donors (Lipinski definition) is 1. The molecule has 1 unspecified atom stereocenters. The topological polar surface area (TPSA) is 38.3 Å². The first-order valence-corrected chi connectivity index (χ1v) is 4.72. The van der Waals surface area contributed by atoms with Crippen molar-refractivity contribution in [3.05, 3.63) is 0 Å². The molecule has 1 heterocycles. The van der Waals surface area contributed by atoms with Gasteiger partial charge in [0.25, 0.3) is 0 Å². The van der Waals surface area contributed by atoms with E-state index in [4.69, 9.17) is 4.74 Å². The van der Waals surface area contributed by atoms with Crippen LogP contribution in [0.25, 0.3) is 0 Å². The van der Waals surface area contributed by atoms with Crippen molar-refractivity contribution >= 4 is 5.97 Å². The molecule has 1 fully saturated rings. The molecule has 3 nitrogen and oxygen atoms in total. The molecule has 0 aromatic heterocycles. The minimum atomic E-state index is -0.0200. The zero-order valence-corrected chi connectivity index (χ0v) is 7.64. The molecule has 1 saturated heterocycles. The van der Waals surface area contributed by atoms with Crippen LogP contribution in [0, 0.1) is 5.92 Å². The molecular formula is C9H17NO2. The van der Waals surface area contributed by atoms with Crippen LogP contribution >= 0.6 is 0 Å². The lowest BCUT2D eigenvalue weighted by Crippen LogP contribution is -2.20. The molecule has 0 aliphatic carbocycles. The second-order valence-electron chi connectivity index (χ2n) is 3.21. The second-order valence-corrected chi connectivity index (χ2v) is 3.21. The van der Waals surface area contributed by atoms with Crippen LogP contribution in [0.5, 0.6) is 0 Å². The fraction of sp³-hybridized carbons (Fsp3) is 0.889. The molecule has 70 valence electrons. The Morgan fingerprint density at radius 1 is 1.67 bits per heavy atom. The van der Waals surface area contributed by atoms with Gasteiger partial charge in [0, 0.05) is 6.54 Å². The zero-order valence-electron chi connectivity index (χ0n) is 7.64. The fourth-order valence-corrected chi connectivity index (χ4v) is 1.29. The number of carbonyl (C=O) groups excluding carboxylic acids is 1. The van der Waals surface area contributed by atoms with Crippen LogP contribution in [0.3, 0.4) is 0 Å². The molecule has 1 rings (SSSR count).